The van der Waals surface area contributed by atoms with E-state index in [1.807, 2.05) is 25.3 Å². The highest BCUT2D eigenvalue weighted by Crippen LogP contribution is 2.01. The smallest absolute Gasteiger partial charge is 0.0384 e. The van der Waals surface area contributed by atoms with Crippen molar-refractivity contribution in [2.45, 2.75) is 33.6 Å². The molecule has 1 N–H and O–H groups in total. The van der Waals surface area contributed by atoms with Gasteiger partial charge in [0.25, 0.3) is 0 Å². The van der Waals surface area contributed by atoms with Crippen molar-refractivity contribution < 1.29 is 0 Å². The summed E-state index contributed by atoms with van der Waals surface area (Å²) in [7, 11) is 0. The molecule has 0 aliphatic carbocycles. The van der Waals surface area contributed by atoms with Crippen molar-refractivity contribution >= 4 is 0 Å². The van der Waals surface area contributed by atoms with Gasteiger partial charge in [0.05, 0.1) is 0 Å². The molecule has 0 aromatic heterocycles. The van der Waals surface area contributed by atoms with E-state index in [0.29, 0.717) is 0 Å². The normalized spacial score (nSPS) is 10.2. The zero-order chi connectivity index (χ0) is 10.1. The Morgan fingerprint density at radius 3 is 2.77 bits per heavy atom. The minimum absolute atomic E-state index is 0.869. The Hall–Kier alpha value is -1.20. The van der Waals surface area contributed by atoms with Crippen LogP contribution < -0.4 is 5.32 Å². The fourth-order valence-corrected chi connectivity index (χ4v) is 0.908. The van der Waals surface area contributed by atoms with E-state index < -0.39 is 0 Å². The van der Waals surface area contributed by atoms with Gasteiger partial charge in [-0.15, -0.1) is 5.73 Å². The van der Waals surface area contributed by atoms with Gasteiger partial charge < -0.3 is 5.32 Å². The molecule has 1 heteroatoms. The summed E-state index contributed by atoms with van der Waals surface area (Å²) < 4.78 is 0. The maximum atomic E-state index is 3.83. The monoisotopic (exact) mass is 177 g/mol. The predicted molar refractivity (Wildman–Crippen MR) is 59.3 cm³/mol. The molecule has 0 saturated heterocycles. The quantitative estimate of drug-likeness (QED) is 0.500. The van der Waals surface area contributed by atoms with Crippen molar-refractivity contribution in [2.75, 3.05) is 0 Å². The van der Waals surface area contributed by atoms with Crippen molar-refractivity contribution in [1.29, 1.82) is 0 Å². The van der Waals surface area contributed by atoms with Crippen LogP contribution in [0.2, 0.25) is 0 Å². The number of hydrogen-bond acceptors (Lipinski definition) is 1. The van der Waals surface area contributed by atoms with Crippen LogP contribution >= 0.6 is 0 Å². The maximum absolute atomic E-state index is 3.83. The predicted octanol–water partition coefficient (Wildman–Crippen LogP) is 3.52. The summed E-state index contributed by atoms with van der Waals surface area (Å²) in [6, 6.07) is 0. The molecule has 0 aliphatic heterocycles. The highest BCUT2D eigenvalue weighted by Gasteiger charge is 1.86. The summed E-state index contributed by atoms with van der Waals surface area (Å²) in [6.45, 7) is 10.0. The molecule has 0 unspecified atom stereocenters. The first-order valence-corrected chi connectivity index (χ1v) is 4.68. The molecule has 72 valence electrons. The van der Waals surface area contributed by atoms with Crippen molar-refractivity contribution in [3.63, 3.8) is 0 Å². The van der Waals surface area contributed by atoms with E-state index in [4.69, 9.17) is 0 Å². The standard InChI is InChI=1S/C12H19N/c1-5-7-9-12(4)13-10-11(3)8-6-2/h5,9-10,13H,4,6,8H2,1-3H3/b11-10+. The second-order valence-corrected chi connectivity index (χ2v) is 3.01. The Kier molecular flexibility index (Phi) is 6.76. The van der Waals surface area contributed by atoms with Crippen LogP contribution in [0.1, 0.15) is 33.6 Å². The topological polar surface area (TPSA) is 12.0 Å². The van der Waals surface area contributed by atoms with Crippen LogP contribution in [0.4, 0.5) is 0 Å². The fourth-order valence-electron chi connectivity index (χ4n) is 0.908. The summed E-state index contributed by atoms with van der Waals surface area (Å²) in [6.07, 6.45) is 8.00. The molecule has 13 heavy (non-hydrogen) atoms. The second-order valence-electron chi connectivity index (χ2n) is 3.01. The molecule has 0 spiro atoms. The number of allylic oxidation sites excluding steroid dienone is 2. The van der Waals surface area contributed by atoms with Gasteiger partial charge in [-0.3, -0.25) is 0 Å². The van der Waals surface area contributed by atoms with Crippen LogP contribution in [0.15, 0.2) is 41.9 Å². The van der Waals surface area contributed by atoms with Crippen LogP contribution in [0, 0.1) is 0 Å². The fraction of sp³-hybridized carbons (Fsp3) is 0.417. The lowest BCUT2D eigenvalue weighted by Gasteiger charge is -2.00. The first kappa shape index (κ1) is 11.8. The van der Waals surface area contributed by atoms with Gasteiger partial charge in [-0.05, 0) is 32.5 Å². The molecule has 0 atom stereocenters. The van der Waals surface area contributed by atoms with Crippen molar-refractivity contribution in [3.05, 3.63) is 41.9 Å². The van der Waals surface area contributed by atoms with E-state index in [9.17, 15) is 0 Å². The van der Waals surface area contributed by atoms with Crippen LogP contribution in [0.25, 0.3) is 0 Å². The molecule has 0 rings (SSSR count). The molecule has 0 heterocycles. The lowest BCUT2D eigenvalue weighted by molar-refractivity contribution is 0.889. The summed E-state index contributed by atoms with van der Waals surface area (Å²) in [5.41, 5.74) is 5.18. The van der Waals surface area contributed by atoms with E-state index in [2.05, 4.69) is 31.5 Å². The lowest BCUT2D eigenvalue weighted by Crippen LogP contribution is -2.01. The highest BCUT2D eigenvalue weighted by molar-refractivity contribution is 5.15. The Bertz CT molecular complexity index is 240. The van der Waals surface area contributed by atoms with Gasteiger partial charge in [0.2, 0.25) is 0 Å². The minimum atomic E-state index is 0.869. The molecule has 0 bridgehead atoms. The van der Waals surface area contributed by atoms with E-state index in [-0.39, 0.29) is 0 Å². The largest absolute Gasteiger partial charge is 0.362 e. The summed E-state index contributed by atoms with van der Waals surface area (Å²) >= 11 is 0. The molecular weight excluding hydrogens is 158 g/mol. The zero-order valence-corrected chi connectivity index (χ0v) is 8.85. The van der Waals surface area contributed by atoms with Crippen LogP contribution in [0.3, 0.4) is 0 Å². The third-order valence-electron chi connectivity index (χ3n) is 1.57. The van der Waals surface area contributed by atoms with Gasteiger partial charge in [-0.2, -0.15) is 0 Å². The first-order chi connectivity index (χ1) is 6.20. The van der Waals surface area contributed by atoms with Gasteiger partial charge in [0.1, 0.15) is 0 Å². The van der Waals surface area contributed by atoms with E-state index in [0.717, 1.165) is 12.1 Å². The number of nitrogens with one attached hydrogen (secondary N) is 1. The van der Waals surface area contributed by atoms with Gasteiger partial charge in [0, 0.05) is 11.8 Å². The second kappa shape index (κ2) is 7.45. The van der Waals surface area contributed by atoms with E-state index in [1.165, 1.54) is 12.0 Å². The number of rotatable bonds is 5. The minimum Gasteiger partial charge on any atom is -0.362 e. The van der Waals surface area contributed by atoms with Crippen LogP contribution in [-0.2, 0) is 0 Å². The molecule has 0 saturated carbocycles. The third kappa shape index (κ3) is 7.17. The Balaban J connectivity index is 3.94. The highest BCUT2D eigenvalue weighted by atomic mass is 14.8. The molecule has 0 aromatic rings. The number of hydrogen-bond donors (Lipinski definition) is 1. The van der Waals surface area contributed by atoms with Gasteiger partial charge >= 0.3 is 0 Å². The Morgan fingerprint density at radius 2 is 2.23 bits per heavy atom. The third-order valence-corrected chi connectivity index (χ3v) is 1.57. The molecule has 0 aromatic carbocycles. The van der Waals surface area contributed by atoms with Gasteiger partial charge in [-0.1, -0.05) is 25.5 Å². The molecule has 0 fully saturated rings. The molecule has 0 aliphatic rings. The summed E-state index contributed by atoms with van der Waals surface area (Å²) in [5.74, 6) is 0. The lowest BCUT2D eigenvalue weighted by atomic mass is 10.2. The molecule has 0 amide bonds. The van der Waals surface area contributed by atoms with Crippen molar-refractivity contribution in [3.8, 4) is 0 Å². The molecular formula is C12H19N. The van der Waals surface area contributed by atoms with Crippen LogP contribution in [-0.4, -0.2) is 0 Å². The molecule has 1 nitrogen and oxygen atoms in total. The average molecular weight is 177 g/mol. The average Bonchev–Trinajstić information content (AvgIpc) is 2.12. The van der Waals surface area contributed by atoms with Gasteiger partial charge in [-0.25, -0.2) is 0 Å². The van der Waals surface area contributed by atoms with Gasteiger partial charge in [0.15, 0.2) is 0 Å². The maximum Gasteiger partial charge on any atom is 0.0384 e. The van der Waals surface area contributed by atoms with Crippen molar-refractivity contribution in [1.82, 2.24) is 5.32 Å². The Labute approximate surface area is 81.5 Å². The van der Waals surface area contributed by atoms with Crippen molar-refractivity contribution in [2.24, 2.45) is 0 Å². The van der Waals surface area contributed by atoms with E-state index >= 15 is 0 Å². The first-order valence-electron chi connectivity index (χ1n) is 4.68. The van der Waals surface area contributed by atoms with E-state index in [1.54, 1.807) is 0 Å². The molecule has 0 radical (unpaired) electrons. The SMILES string of the molecule is C=C(C=C=CC)N/C=C(\C)CCC. The zero-order valence-electron chi connectivity index (χ0n) is 8.85. The summed E-state index contributed by atoms with van der Waals surface area (Å²) in [5, 5.41) is 3.11. The summed E-state index contributed by atoms with van der Waals surface area (Å²) in [4.78, 5) is 0. The Morgan fingerprint density at radius 1 is 1.54 bits per heavy atom. The van der Waals surface area contributed by atoms with Crippen LogP contribution in [0.5, 0.6) is 0 Å².